The van der Waals surface area contributed by atoms with Crippen molar-refractivity contribution in [1.82, 2.24) is 15.1 Å². The Morgan fingerprint density at radius 2 is 2.19 bits per heavy atom. The molecular weight excluding hydrogens is 202 g/mol. The molecule has 1 unspecified atom stereocenters. The van der Waals surface area contributed by atoms with E-state index in [2.05, 4.69) is 21.2 Å². The summed E-state index contributed by atoms with van der Waals surface area (Å²) in [6, 6.07) is 3.39. The molecule has 2 saturated heterocycles. The van der Waals surface area contributed by atoms with Crippen LogP contribution in [0.2, 0.25) is 0 Å². The van der Waals surface area contributed by atoms with Gasteiger partial charge in [-0.25, -0.2) is 0 Å². The molecule has 1 aromatic heterocycles. The molecule has 0 aliphatic carbocycles. The first kappa shape index (κ1) is 10.3. The molecule has 0 bridgehead atoms. The number of aromatic nitrogens is 2. The molecule has 0 aromatic carbocycles. The second kappa shape index (κ2) is 4.55. The van der Waals surface area contributed by atoms with Crippen LogP contribution in [0, 0.1) is 0 Å². The number of aromatic amines is 1. The lowest BCUT2D eigenvalue weighted by atomic mass is 10.0. The number of nitrogens with one attached hydrogen (secondary N) is 1. The zero-order chi connectivity index (χ0) is 10.8. The Morgan fingerprint density at radius 1 is 1.31 bits per heavy atom. The van der Waals surface area contributed by atoms with Gasteiger partial charge in [-0.05, 0) is 38.3 Å². The van der Waals surface area contributed by atoms with Crippen molar-refractivity contribution in [3.63, 3.8) is 0 Å². The molecule has 2 aliphatic heterocycles. The summed E-state index contributed by atoms with van der Waals surface area (Å²) < 4.78 is 5.44. The summed E-state index contributed by atoms with van der Waals surface area (Å²) in [5.74, 6) is 0. The minimum absolute atomic E-state index is 0.561. The van der Waals surface area contributed by atoms with Gasteiger partial charge in [0, 0.05) is 25.5 Å². The minimum Gasteiger partial charge on any atom is -0.381 e. The average molecular weight is 221 g/mol. The van der Waals surface area contributed by atoms with Crippen molar-refractivity contribution < 1.29 is 4.74 Å². The lowest BCUT2D eigenvalue weighted by molar-refractivity contribution is 0.0285. The second-order valence-corrected chi connectivity index (χ2v) is 4.75. The van der Waals surface area contributed by atoms with Crippen LogP contribution in [0.5, 0.6) is 0 Å². The predicted molar refractivity (Wildman–Crippen MR) is 61.1 cm³/mol. The van der Waals surface area contributed by atoms with Crippen LogP contribution in [0.15, 0.2) is 12.3 Å². The molecule has 0 amide bonds. The molecule has 3 rings (SSSR count). The summed E-state index contributed by atoms with van der Waals surface area (Å²) in [6.07, 6.45) is 6.80. The van der Waals surface area contributed by atoms with E-state index in [9.17, 15) is 0 Å². The summed E-state index contributed by atoms with van der Waals surface area (Å²) in [7, 11) is 0. The van der Waals surface area contributed by atoms with Crippen molar-refractivity contribution in [2.75, 3.05) is 19.8 Å². The van der Waals surface area contributed by atoms with E-state index in [0.717, 1.165) is 13.2 Å². The van der Waals surface area contributed by atoms with E-state index < -0.39 is 0 Å². The first-order chi connectivity index (χ1) is 7.95. The van der Waals surface area contributed by atoms with E-state index >= 15 is 0 Å². The maximum absolute atomic E-state index is 5.44. The summed E-state index contributed by atoms with van der Waals surface area (Å²) in [5.41, 5.74) is 1.28. The highest BCUT2D eigenvalue weighted by molar-refractivity contribution is 5.07. The second-order valence-electron chi connectivity index (χ2n) is 4.75. The van der Waals surface area contributed by atoms with Crippen molar-refractivity contribution in [1.29, 1.82) is 0 Å². The van der Waals surface area contributed by atoms with E-state index in [0.29, 0.717) is 12.1 Å². The Kier molecular flexibility index (Phi) is 2.93. The Hall–Kier alpha value is -0.870. The van der Waals surface area contributed by atoms with Crippen molar-refractivity contribution in [3.8, 4) is 0 Å². The van der Waals surface area contributed by atoms with Gasteiger partial charge >= 0.3 is 0 Å². The van der Waals surface area contributed by atoms with Crippen LogP contribution in [-0.2, 0) is 4.74 Å². The van der Waals surface area contributed by atoms with Crippen LogP contribution in [0.3, 0.4) is 0 Å². The van der Waals surface area contributed by atoms with Gasteiger partial charge in [0.2, 0.25) is 0 Å². The molecule has 0 saturated carbocycles. The van der Waals surface area contributed by atoms with Crippen LogP contribution in [0.4, 0.5) is 0 Å². The molecule has 88 valence electrons. The Morgan fingerprint density at radius 3 is 2.94 bits per heavy atom. The topological polar surface area (TPSA) is 41.1 Å². The number of likely N-dealkylation sites (tertiary alicyclic amines) is 1. The molecule has 4 nitrogen and oxygen atoms in total. The van der Waals surface area contributed by atoms with Crippen LogP contribution in [0.25, 0.3) is 0 Å². The van der Waals surface area contributed by atoms with Crippen LogP contribution < -0.4 is 0 Å². The van der Waals surface area contributed by atoms with Gasteiger partial charge in [-0.2, -0.15) is 5.10 Å². The van der Waals surface area contributed by atoms with Crippen molar-refractivity contribution in [2.24, 2.45) is 0 Å². The zero-order valence-electron chi connectivity index (χ0n) is 9.56. The van der Waals surface area contributed by atoms with Gasteiger partial charge in [0.25, 0.3) is 0 Å². The molecule has 0 radical (unpaired) electrons. The van der Waals surface area contributed by atoms with E-state index in [1.54, 1.807) is 0 Å². The first-order valence-corrected chi connectivity index (χ1v) is 6.28. The normalized spacial score (nSPS) is 28.6. The number of rotatable bonds is 2. The fourth-order valence-corrected chi connectivity index (χ4v) is 3.03. The molecule has 16 heavy (non-hydrogen) atoms. The fraction of sp³-hybridized carbons (Fsp3) is 0.750. The summed E-state index contributed by atoms with van der Waals surface area (Å²) in [5, 5.41) is 7.20. The van der Waals surface area contributed by atoms with E-state index in [1.807, 2.05) is 6.20 Å². The highest BCUT2D eigenvalue weighted by Crippen LogP contribution is 2.34. The summed E-state index contributed by atoms with van der Waals surface area (Å²) in [4.78, 5) is 2.65. The number of hydrogen-bond donors (Lipinski definition) is 1. The Bertz CT molecular complexity index is 319. The number of nitrogens with zero attached hydrogens (tertiary/aromatic N) is 2. The molecule has 1 aromatic rings. The average Bonchev–Trinajstić information content (AvgIpc) is 3.01. The standard InChI is InChI=1S/C12H19N3O/c1-2-12(11-3-6-13-14-11)15(7-1)10-4-8-16-9-5-10/h3,6,10,12H,1-2,4-5,7-9H2,(H,13,14). The number of ether oxygens (including phenoxy) is 1. The molecular formula is C12H19N3O. The minimum atomic E-state index is 0.561. The summed E-state index contributed by atoms with van der Waals surface area (Å²) >= 11 is 0. The third-order valence-electron chi connectivity index (χ3n) is 3.84. The lowest BCUT2D eigenvalue weighted by Gasteiger charge is -2.35. The molecule has 1 atom stereocenters. The van der Waals surface area contributed by atoms with E-state index in [1.165, 1.54) is 37.9 Å². The largest absolute Gasteiger partial charge is 0.381 e. The molecule has 4 heteroatoms. The van der Waals surface area contributed by atoms with Gasteiger partial charge in [-0.15, -0.1) is 0 Å². The summed E-state index contributed by atoms with van der Waals surface area (Å²) in [6.45, 7) is 3.09. The molecule has 2 fully saturated rings. The van der Waals surface area contributed by atoms with Gasteiger partial charge in [0.1, 0.15) is 0 Å². The Labute approximate surface area is 96.0 Å². The van der Waals surface area contributed by atoms with Gasteiger partial charge in [0.05, 0.1) is 11.7 Å². The maximum Gasteiger partial charge on any atom is 0.0523 e. The monoisotopic (exact) mass is 221 g/mol. The molecule has 3 heterocycles. The lowest BCUT2D eigenvalue weighted by Crippen LogP contribution is -2.39. The fourth-order valence-electron chi connectivity index (χ4n) is 3.03. The molecule has 1 N–H and O–H groups in total. The maximum atomic E-state index is 5.44. The van der Waals surface area contributed by atoms with Crippen LogP contribution in [-0.4, -0.2) is 40.9 Å². The highest BCUT2D eigenvalue weighted by atomic mass is 16.5. The highest BCUT2D eigenvalue weighted by Gasteiger charge is 2.33. The third-order valence-corrected chi connectivity index (χ3v) is 3.84. The SMILES string of the molecule is c1cc(C2CCCN2C2CCOCC2)[nH]n1. The quantitative estimate of drug-likeness (QED) is 0.826. The van der Waals surface area contributed by atoms with Gasteiger partial charge in [-0.3, -0.25) is 10.00 Å². The number of H-pyrrole nitrogens is 1. The predicted octanol–water partition coefficient (Wildman–Crippen LogP) is 1.73. The van der Waals surface area contributed by atoms with Gasteiger partial charge in [0.15, 0.2) is 0 Å². The van der Waals surface area contributed by atoms with Crippen LogP contribution >= 0.6 is 0 Å². The third kappa shape index (κ3) is 1.87. The van der Waals surface area contributed by atoms with Gasteiger partial charge < -0.3 is 4.74 Å². The van der Waals surface area contributed by atoms with E-state index in [-0.39, 0.29) is 0 Å². The number of hydrogen-bond acceptors (Lipinski definition) is 3. The Balaban J connectivity index is 1.73. The van der Waals surface area contributed by atoms with Crippen molar-refractivity contribution in [3.05, 3.63) is 18.0 Å². The first-order valence-electron chi connectivity index (χ1n) is 6.28. The van der Waals surface area contributed by atoms with E-state index in [4.69, 9.17) is 4.74 Å². The molecule has 2 aliphatic rings. The zero-order valence-corrected chi connectivity index (χ0v) is 9.56. The van der Waals surface area contributed by atoms with Gasteiger partial charge in [-0.1, -0.05) is 0 Å². The smallest absolute Gasteiger partial charge is 0.0523 e. The van der Waals surface area contributed by atoms with Crippen LogP contribution in [0.1, 0.15) is 37.4 Å². The van der Waals surface area contributed by atoms with Crippen molar-refractivity contribution in [2.45, 2.75) is 37.8 Å². The molecule has 0 spiro atoms. The van der Waals surface area contributed by atoms with Crippen molar-refractivity contribution >= 4 is 0 Å².